The molecule has 0 saturated carbocycles. The molecule has 4 heteroatoms. The minimum absolute atomic E-state index is 0.650. The van der Waals surface area contributed by atoms with E-state index in [1.54, 1.807) is 0 Å². The maximum atomic E-state index is 4.86. The zero-order valence-corrected chi connectivity index (χ0v) is 13.4. The van der Waals surface area contributed by atoms with E-state index in [4.69, 9.17) is 4.99 Å². The van der Waals surface area contributed by atoms with E-state index in [0.717, 1.165) is 6.54 Å². The Kier molecular flexibility index (Phi) is 3.29. The van der Waals surface area contributed by atoms with Crippen molar-refractivity contribution in [3.8, 4) is 0 Å². The van der Waals surface area contributed by atoms with E-state index in [0.29, 0.717) is 5.54 Å². The van der Waals surface area contributed by atoms with Crippen LogP contribution in [0.5, 0.6) is 0 Å². The smallest absolute Gasteiger partial charge is 0.188 e. The molecule has 1 atom stereocenters. The lowest BCUT2D eigenvalue weighted by Crippen LogP contribution is -2.63. The first kappa shape index (κ1) is 13.0. The van der Waals surface area contributed by atoms with Gasteiger partial charge in [-0.1, -0.05) is 36.9 Å². The van der Waals surface area contributed by atoms with Crippen LogP contribution in [0, 0.1) is 0 Å². The second-order valence-corrected chi connectivity index (χ2v) is 10.9. The highest BCUT2D eigenvalue weighted by Crippen LogP contribution is 2.38. The number of hydrogen-bond donors (Lipinski definition) is 0. The Morgan fingerprint density at radius 1 is 1.21 bits per heavy atom. The average Bonchev–Trinajstić information content (AvgIpc) is 2.85. The molecule has 0 N–H and O–H groups in total. The highest BCUT2D eigenvalue weighted by molar-refractivity contribution is 6.79. The maximum Gasteiger partial charge on any atom is 0.188 e. The molecule has 0 aromatic heterocycles. The van der Waals surface area contributed by atoms with Gasteiger partial charge < -0.3 is 9.47 Å². The molecule has 3 aliphatic rings. The van der Waals surface area contributed by atoms with Gasteiger partial charge in [-0.25, -0.2) is 0 Å². The molecule has 0 aromatic rings. The highest BCUT2D eigenvalue weighted by Gasteiger charge is 2.43. The Morgan fingerprint density at radius 2 is 2.00 bits per heavy atom. The molecule has 1 fully saturated rings. The first-order chi connectivity index (χ1) is 9.10. The van der Waals surface area contributed by atoms with Gasteiger partial charge >= 0.3 is 0 Å². The van der Waals surface area contributed by atoms with E-state index in [1.807, 2.05) is 0 Å². The standard InChI is InChI=1S/C15H25N3Si/c1-13-7-4-8-14(13)19(2,3)18-12-6-11-17-10-5-9-16-15(17)18/h4,7-8,14H,5-6,9-12H2,1-3H3. The van der Waals surface area contributed by atoms with E-state index in [1.165, 1.54) is 44.0 Å². The molecule has 1 aliphatic carbocycles. The van der Waals surface area contributed by atoms with Crippen LogP contribution in [0.4, 0.5) is 0 Å². The van der Waals surface area contributed by atoms with Crippen LogP contribution in [0.1, 0.15) is 19.8 Å². The first-order valence-electron chi connectivity index (χ1n) is 7.53. The molecule has 0 spiro atoms. The number of aliphatic imine (C=N–C) groups is 1. The predicted molar refractivity (Wildman–Crippen MR) is 83.9 cm³/mol. The van der Waals surface area contributed by atoms with E-state index < -0.39 is 8.24 Å². The summed E-state index contributed by atoms with van der Waals surface area (Å²) in [5.41, 5.74) is 2.18. The van der Waals surface area contributed by atoms with Gasteiger partial charge in [0.15, 0.2) is 14.2 Å². The molecule has 0 aromatic carbocycles. The van der Waals surface area contributed by atoms with Crippen LogP contribution in [0.3, 0.4) is 0 Å². The molecule has 1 unspecified atom stereocenters. The van der Waals surface area contributed by atoms with Crippen LogP contribution in [0.25, 0.3) is 0 Å². The van der Waals surface area contributed by atoms with Crippen molar-refractivity contribution in [2.45, 2.75) is 38.4 Å². The molecule has 2 aliphatic heterocycles. The number of nitrogens with zero attached hydrogens (tertiary/aromatic N) is 3. The summed E-state index contributed by atoms with van der Waals surface area (Å²) >= 11 is 0. The maximum absolute atomic E-state index is 4.86. The van der Waals surface area contributed by atoms with Crippen LogP contribution < -0.4 is 0 Å². The SMILES string of the molecule is CC1=CC=CC1[Si](C)(C)N1CCCN2CCCN=C21. The molecule has 104 valence electrons. The number of rotatable bonds is 2. The third-order valence-corrected chi connectivity index (χ3v) is 8.77. The largest absolute Gasteiger partial charge is 0.369 e. The molecule has 0 radical (unpaired) electrons. The second-order valence-electron chi connectivity index (χ2n) is 6.45. The summed E-state index contributed by atoms with van der Waals surface area (Å²) in [5, 5.41) is 0. The predicted octanol–water partition coefficient (Wildman–Crippen LogP) is 2.85. The molecule has 19 heavy (non-hydrogen) atoms. The molecule has 1 saturated heterocycles. The van der Waals surface area contributed by atoms with Gasteiger partial charge in [0, 0.05) is 31.7 Å². The van der Waals surface area contributed by atoms with Gasteiger partial charge in [0.2, 0.25) is 0 Å². The fourth-order valence-corrected chi connectivity index (χ4v) is 7.30. The molecule has 0 amide bonds. The lowest BCUT2D eigenvalue weighted by atomic mass is 10.2. The topological polar surface area (TPSA) is 18.8 Å². The minimum Gasteiger partial charge on any atom is -0.369 e. The van der Waals surface area contributed by atoms with Crippen LogP contribution >= 0.6 is 0 Å². The molecule has 3 nitrogen and oxygen atoms in total. The molecule has 2 heterocycles. The minimum atomic E-state index is -1.53. The van der Waals surface area contributed by atoms with Gasteiger partial charge in [-0.15, -0.1) is 0 Å². The van der Waals surface area contributed by atoms with E-state index in [-0.39, 0.29) is 0 Å². The normalized spacial score (nSPS) is 27.2. The van der Waals surface area contributed by atoms with Crippen molar-refractivity contribution in [3.05, 3.63) is 23.8 Å². The van der Waals surface area contributed by atoms with Gasteiger partial charge in [-0.3, -0.25) is 4.99 Å². The first-order valence-corrected chi connectivity index (χ1v) is 10.5. The summed E-state index contributed by atoms with van der Waals surface area (Å²) in [6, 6.07) is 0. The van der Waals surface area contributed by atoms with Gasteiger partial charge in [-0.05, 0) is 19.8 Å². The van der Waals surface area contributed by atoms with Gasteiger partial charge in [0.05, 0.1) is 0 Å². The monoisotopic (exact) mass is 275 g/mol. The second kappa shape index (κ2) is 4.82. The lowest BCUT2D eigenvalue weighted by Gasteiger charge is -2.50. The molecule has 0 bridgehead atoms. The van der Waals surface area contributed by atoms with Crippen LogP contribution in [-0.2, 0) is 0 Å². The summed E-state index contributed by atoms with van der Waals surface area (Å²) in [6.45, 7) is 11.9. The lowest BCUT2D eigenvalue weighted by molar-refractivity contribution is 0.295. The van der Waals surface area contributed by atoms with Crippen molar-refractivity contribution in [2.75, 3.05) is 26.2 Å². The van der Waals surface area contributed by atoms with Crippen molar-refractivity contribution in [3.63, 3.8) is 0 Å². The van der Waals surface area contributed by atoms with Crippen LogP contribution in [0.2, 0.25) is 18.6 Å². The Morgan fingerprint density at radius 3 is 2.74 bits per heavy atom. The summed E-state index contributed by atoms with van der Waals surface area (Å²) in [4.78, 5) is 7.37. The summed E-state index contributed by atoms with van der Waals surface area (Å²) < 4.78 is 2.69. The fourth-order valence-electron chi connectivity index (χ4n) is 3.71. The number of guanidine groups is 1. The zero-order valence-electron chi connectivity index (χ0n) is 12.4. The van der Waals surface area contributed by atoms with Crippen molar-refractivity contribution >= 4 is 14.2 Å². The van der Waals surface area contributed by atoms with Crippen molar-refractivity contribution in [1.82, 2.24) is 9.47 Å². The quantitative estimate of drug-likeness (QED) is 0.722. The van der Waals surface area contributed by atoms with Gasteiger partial charge in [0.25, 0.3) is 0 Å². The number of allylic oxidation sites excluding steroid dienone is 4. The highest BCUT2D eigenvalue weighted by atomic mass is 28.3. The number of hydrogen-bond acceptors (Lipinski definition) is 3. The van der Waals surface area contributed by atoms with Crippen molar-refractivity contribution in [1.29, 1.82) is 0 Å². The van der Waals surface area contributed by atoms with Crippen LogP contribution in [0.15, 0.2) is 28.8 Å². The average molecular weight is 275 g/mol. The Hall–Kier alpha value is -1.03. The third-order valence-electron chi connectivity index (χ3n) is 4.78. The van der Waals surface area contributed by atoms with Gasteiger partial charge in [-0.2, -0.15) is 0 Å². The fraction of sp³-hybridized carbons (Fsp3) is 0.667. The van der Waals surface area contributed by atoms with E-state index in [2.05, 4.69) is 47.7 Å². The summed E-state index contributed by atoms with van der Waals surface area (Å²) in [7, 11) is -1.53. The van der Waals surface area contributed by atoms with Crippen LogP contribution in [-0.4, -0.2) is 49.8 Å². The van der Waals surface area contributed by atoms with Gasteiger partial charge in [0.1, 0.15) is 0 Å². The van der Waals surface area contributed by atoms with Crippen molar-refractivity contribution in [2.24, 2.45) is 4.99 Å². The van der Waals surface area contributed by atoms with Crippen molar-refractivity contribution < 1.29 is 0 Å². The molecular weight excluding hydrogens is 250 g/mol. The number of fused-ring (bicyclic) bond motifs is 1. The third kappa shape index (κ3) is 2.16. The summed E-state index contributed by atoms with van der Waals surface area (Å²) in [5.74, 6) is 1.31. The van der Waals surface area contributed by atoms with E-state index >= 15 is 0 Å². The zero-order chi connectivity index (χ0) is 13.5. The van der Waals surface area contributed by atoms with E-state index in [9.17, 15) is 0 Å². The Bertz CT molecular complexity index is 450. The molecule has 3 rings (SSSR count). The summed E-state index contributed by atoms with van der Waals surface area (Å²) in [6.07, 6.45) is 9.43. The Balaban J connectivity index is 1.89. The molecular formula is C15H25N3Si. The Labute approximate surface area is 117 Å².